The molecule has 6 atom stereocenters. The highest BCUT2D eigenvalue weighted by molar-refractivity contribution is 5.41. The molecule has 2 heteroatoms. The summed E-state index contributed by atoms with van der Waals surface area (Å²) in [6, 6.07) is 6.69. The van der Waals surface area contributed by atoms with Crippen molar-refractivity contribution in [1.29, 1.82) is 0 Å². The molecule has 4 rings (SSSR count). The molecule has 0 aliphatic heterocycles. The lowest BCUT2D eigenvalue weighted by molar-refractivity contribution is -0.0356. The number of fused-ring (bicyclic) bond motifs is 5. The average molecular weight is 300 g/mol. The Bertz CT molecular complexity index is 581. The van der Waals surface area contributed by atoms with E-state index >= 15 is 0 Å². The molecule has 22 heavy (non-hydrogen) atoms. The molecule has 120 valence electrons. The van der Waals surface area contributed by atoms with Gasteiger partial charge in [-0.05, 0) is 84.5 Å². The van der Waals surface area contributed by atoms with Crippen LogP contribution in [0.5, 0.6) is 5.75 Å². The van der Waals surface area contributed by atoms with Crippen molar-refractivity contribution in [2.24, 2.45) is 23.2 Å². The molecule has 3 aliphatic rings. The lowest BCUT2D eigenvalue weighted by Gasteiger charge is -2.52. The Balaban J connectivity index is 1.73. The SMILES string of the molecule is COc1ccc2c(c1)C[C@@H](C)[C@@H]1[C@@H]2CC[C@@]2(C)[C@@H]1CC[C@@H]2O. The number of methoxy groups -OCH3 is 1. The van der Waals surface area contributed by atoms with E-state index in [1.54, 1.807) is 12.7 Å². The van der Waals surface area contributed by atoms with Crippen LogP contribution in [0.2, 0.25) is 0 Å². The maximum absolute atomic E-state index is 10.5. The first-order valence-electron chi connectivity index (χ1n) is 8.89. The second-order valence-electron chi connectivity index (χ2n) is 8.17. The predicted octanol–water partition coefficient (Wildman–Crippen LogP) is 4.16. The van der Waals surface area contributed by atoms with Crippen molar-refractivity contribution in [2.45, 2.75) is 58.0 Å². The van der Waals surface area contributed by atoms with Gasteiger partial charge in [0.1, 0.15) is 5.75 Å². The Labute approximate surface area is 133 Å². The van der Waals surface area contributed by atoms with Gasteiger partial charge in [-0.1, -0.05) is 19.9 Å². The van der Waals surface area contributed by atoms with Crippen LogP contribution in [0.4, 0.5) is 0 Å². The highest BCUT2D eigenvalue weighted by Crippen LogP contribution is 2.62. The molecule has 2 saturated carbocycles. The van der Waals surface area contributed by atoms with Gasteiger partial charge in [0.2, 0.25) is 0 Å². The van der Waals surface area contributed by atoms with Crippen LogP contribution >= 0.6 is 0 Å². The van der Waals surface area contributed by atoms with E-state index in [2.05, 4.69) is 32.0 Å². The van der Waals surface area contributed by atoms with E-state index in [0.29, 0.717) is 17.8 Å². The largest absolute Gasteiger partial charge is 0.497 e. The van der Waals surface area contributed by atoms with Crippen LogP contribution in [-0.4, -0.2) is 18.3 Å². The smallest absolute Gasteiger partial charge is 0.119 e. The van der Waals surface area contributed by atoms with Crippen molar-refractivity contribution in [2.75, 3.05) is 7.11 Å². The maximum atomic E-state index is 10.5. The standard InChI is InChI=1S/C20H28O2/c1-12-10-13-11-14(22-3)4-5-15(13)16-8-9-20(2)17(19(12)16)6-7-18(20)21/h4-5,11-12,16-19,21H,6-10H2,1-3H3/t12-,16-,17-,18+,19-,20+/m1/s1. The normalized spacial score (nSPS) is 43.2. The van der Waals surface area contributed by atoms with Crippen LogP contribution in [0.1, 0.15) is 56.6 Å². The molecule has 0 unspecified atom stereocenters. The minimum Gasteiger partial charge on any atom is -0.497 e. The van der Waals surface area contributed by atoms with Gasteiger partial charge in [0.25, 0.3) is 0 Å². The lowest BCUT2D eigenvalue weighted by atomic mass is 9.53. The Morgan fingerprint density at radius 2 is 2.05 bits per heavy atom. The molecular formula is C20H28O2. The maximum Gasteiger partial charge on any atom is 0.119 e. The third kappa shape index (κ3) is 1.89. The van der Waals surface area contributed by atoms with E-state index in [9.17, 15) is 5.11 Å². The second kappa shape index (κ2) is 4.99. The first kappa shape index (κ1) is 14.6. The molecule has 0 aromatic heterocycles. The number of aliphatic hydroxyl groups excluding tert-OH is 1. The van der Waals surface area contributed by atoms with Crippen LogP contribution in [0.3, 0.4) is 0 Å². The average Bonchev–Trinajstić information content (AvgIpc) is 2.82. The van der Waals surface area contributed by atoms with E-state index in [0.717, 1.165) is 24.5 Å². The Morgan fingerprint density at radius 3 is 2.82 bits per heavy atom. The zero-order valence-electron chi connectivity index (χ0n) is 14.0. The van der Waals surface area contributed by atoms with Crippen molar-refractivity contribution in [3.8, 4) is 5.75 Å². The first-order valence-corrected chi connectivity index (χ1v) is 8.89. The number of aliphatic hydroxyl groups is 1. The van der Waals surface area contributed by atoms with Gasteiger partial charge in [-0.2, -0.15) is 0 Å². The number of benzene rings is 1. The third-order valence-corrected chi connectivity index (χ3v) is 7.23. The van der Waals surface area contributed by atoms with Gasteiger partial charge < -0.3 is 9.84 Å². The second-order valence-corrected chi connectivity index (χ2v) is 8.17. The summed E-state index contributed by atoms with van der Waals surface area (Å²) in [5, 5.41) is 10.5. The molecule has 0 heterocycles. The summed E-state index contributed by atoms with van der Waals surface area (Å²) in [5.41, 5.74) is 3.22. The summed E-state index contributed by atoms with van der Waals surface area (Å²) < 4.78 is 5.42. The van der Waals surface area contributed by atoms with Crippen LogP contribution in [0.25, 0.3) is 0 Å². The number of rotatable bonds is 1. The van der Waals surface area contributed by atoms with E-state index in [1.807, 2.05) is 0 Å². The van der Waals surface area contributed by atoms with Crippen molar-refractivity contribution < 1.29 is 9.84 Å². The minimum absolute atomic E-state index is 0.0806. The fourth-order valence-corrected chi connectivity index (χ4v) is 6.05. The van der Waals surface area contributed by atoms with Gasteiger partial charge in [0.15, 0.2) is 0 Å². The van der Waals surface area contributed by atoms with Gasteiger partial charge in [-0.15, -0.1) is 0 Å². The minimum atomic E-state index is -0.0806. The fraction of sp³-hybridized carbons (Fsp3) is 0.700. The van der Waals surface area contributed by atoms with Gasteiger partial charge in [0, 0.05) is 0 Å². The topological polar surface area (TPSA) is 29.5 Å². The van der Waals surface area contributed by atoms with E-state index in [4.69, 9.17) is 4.74 Å². The highest BCUT2D eigenvalue weighted by atomic mass is 16.5. The van der Waals surface area contributed by atoms with E-state index < -0.39 is 0 Å². The van der Waals surface area contributed by atoms with Gasteiger partial charge >= 0.3 is 0 Å². The summed E-state index contributed by atoms with van der Waals surface area (Å²) >= 11 is 0. The van der Waals surface area contributed by atoms with Gasteiger partial charge in [-0.25, -0.2) is 0 Å². The number of hydrogen-bond acceptors (Lipinski definition) is 2. The molecule has 0 spiro atoms. The van der Waals surface area contributed by atoms with Crippen molar-refractivity contribution in [1.82, 2.24) is 0 Å². The highest BCUT2D eigenvalue weighted by Gasteiger charge is 2.55. The summed E-state index contributed by atoms with van der Waals surface area (Å²) in [6.07, 6.45) is 5.72. The van der Waals surface area contributed by atoms with Crippen LogP contribution < -0.4 is 4.74 Å². The summed E-state index contributed by atoms with van der Waals surface area (Å²) in [7, 11) is 1.75. The van der Waals surface area contributed by atoms with E-state index in [-0.39, 0.29) is 11.5 Å². The van der Waals surface area contributed by atoms with Crippen LogP contribution in [0, 0.1) is 23.2 Å². The van der Waals surface area contributed by atoms with Crippen molar-refractivity contribution >= 4 is 0 Å². The van der Waals surface area contributed by atoms with E-state index in [1.165, 1.54) is 24.8 Å². The zero-order valence-corrected chi connectivity index (χ0v) is 14.0. The first-order chi connectivity index (χ1) is 10.5. The molecular weight excluding hydrogens is 272 g/mol. The lowest BCUT2D eigenvalue weighted by Crippen LogP contribution is -2.46. The molecule has 1 aromatic carbocycles. The summed E-state index contributed by atoms with van der Waals surface area (Å²) in [4.78, 5) is 0. The molecule has 1 N–H and O–H groups in total. The van der Waals surface area contributed by atoms with Crippen molar-refractivity contribution in [3.63, 3.8) is 0 Å². The molecule has 0 amide bonds. The Kier molecular flexibility index (Phi) is 3.30. The molecule has 2 fully saturated rings. The molecule has 3 aliphatic carbocycles. The Morgan fingerprint density at radius 1 is 1.23 bits per heavy atom. The zero-order chi connectivity index (χ0) is 15.5. The molecule has 0 radical (unpaired) electrons. The van der Waals surface area contributed by atoms with Gasteiger partial charge in [-0.3, -0.25) is 0 Å². The molecule has 2 nitrogen and oxygen atoms in total. The van der Waals surface area contributed by atoms with Crippen LogP contribution in [-0.2, 0) is 6.42 Å². The van der Waals surface area contributed by atoms with Crippen molar-refractivity contribution in [3.05, 3.63) is 29.3 Å². The van der Waals surface area contributed by atoms with Crippen LogP contribution in [0.15, 0.2) is 18.2 Å². The predicted molar refractivity (Wildman–Crippen MR) is 88.2 cm³/mol. The number of ether oxygens (including phenoxy) is 1. The summed E-state index contributed by atoms with van der Waals surface area (Å²) in [5.74, 6) is 3.83. The summed E-state index contributed by atoms with van der Waals surface area (Å²) in [6.45, 7) is 4.78. The number of hydrogen-bond donors (Lipinski definition) is 1. The molecule has 0 saturated heterocycles. The monoisotopic (exact) mass is 300 g/mol. The molecule has 1 aromatic rings. The fourth-order valence-electron chi connectivity index (χ4n) is 6.05. The molecule has 0 bridgehead atoms. The quantitative estimate of drug-likeness (QED) is 0.844. The third-order valence-electron chi connectivity index (χ3n) is 7.23. The Hall–Kier alpha value is -1.02. The van der Waals surface area contributed by atoms with Gasteiger partial charge in [0.05, 0.1) is 13.2 Å².